The fourth-order valence-corrected chi connectivity index (χ4v) is 2.73. The number of nitrogens with one attached hydrogen (secondary N) is 1. The molecule has 1 aromatic carbocycles. The first-order chi connectivity index (χ1) is 13.2. The van der Waals surface area contributed by atoms with Crippen LogP contribution in [0.4, 0.5) is 0 Å². The van der Waals surface area contributed by atoms with E-state index in [-0.39, 0.29) is 5.91 Å². The molecule has 2 heterocycles. The van der Waals surface area contributed by atoms with Crippen LogP contribution in [0.5, 0.6) is 5.75 Å². The highest BCUT2D eigenvalue weighted by atomic mass is 16.5. The van der Waals surface area contributed by atoms with Crippen LogP contribution in [-0.2, 0) is 30.5 Å². The first-order valence-electron chi connectivity index (χ1n) is 8.97. The molecule has 0 radical (unpaired) electrons. The lowest BCUT2D eigenvalue weighted by atomic mass is 10.1. The fraction of sp³-hybridized carbons (Fsp3) is 0.350. The number of benzene rings is 1. The van der Waals surface area contributed by atoms with Gasteiger partial charge in [-0.3, -0.25) is 4.79 Å². The van der Waals surface area contributed by atoms with Crippen LogP contribution in [-0.4, -0.2) is 29.8 Å². The molecule has 0 unspecified atom stereocenters. The maximum Gasteiger partial charge on any atom is 0.220 e. The number of para-hydroxylation sites is 1. The molecule has 0 saturated carbocycles. The molecule has 0 aliphatic carbocycles. The number of aryl methyl sites for hydroxylation is 3. The minimum atomic E-state index is -0.0460. The molecule has 142 valence electrons. The lowest BCUT2D eigenvalue weighted by molar-refractivity contribution is -0.121. The van der Waals surface area contributed by atoms with Gasteiger partial charge in [0.25, 0.3) is 0 Å². The van der Waals surface area contributed by atoms with Crippen LogP contribution < -0.4 is 10.1 Å². The van der Waals surface area contributed by atoms with E-state index in [9.17, 15) is 4.79 Å². The first-order valence-corrected chi connectivity index (χ1v) is 8.97. The van der Waals surface area contributed by atoms with Crippen molar-refractivity contribution < 1.29 is 18.4 Å². The smallest absolute Gasteiger partial charge is 0.220 e. The normalized spacial score (nSPS) is 10.7. The standard InChI is InChI=1S/C20H23N3O4/c1-25-17-7-3-2-5-15(17)8-10-19-22-23-20(27-19)11-9-18(24)21-13-12-16-6-4-14-26-16/h2-7,14H,8-13H2,1H3,(H,21,24). The van der Waals surface area contributed by atoms with Crippen molar-refractivity contribution >= 4 is 5.91 Å². The van der Waals surface area contributed by atoms with Gasteiger partial charge in [-0.25, -0.2) is 0 Å². The Kier molecular flexibility index (Phi) is 6.62. The van der Waals surface area contributed by atoms with Gasteiger partial charge in [0.1, 0.15) is 11.5 Å². The average Bonchev–Trinajstić information content (AvgIpc) is 3.37. The van der Waals surface area contributed by atoms with E-state index in [1.165, 1.54) is 0 Å². The van der Waals surface area contributed by atoms with Gasteiger partial charge < -0.3 is 18.9 Å². The molecule has 7 nitrogen and oxygen atoms in total. The maximum atomic E-state index is 11.9. The van der Waals surface area contributed by atoms with Gasteiger partial charge in [0.05, 0.1) is 13.4 Å². The van der Waals surface area contributed by atoms with Crippen LogP contribution in [0, 0.1) is 0 Å². The van der Waals surface area contributed by atoms with Crippen molar-refractivity contribution in [2.75, 3.05) is 13.7 Å². The van der Waals surface area contributed by atoms with Gasteiger partial charge >= 0.3 is 0 Å². The minimum absolute atomic E-state index is 0.0460. The van der Waals surface area contributed by atoms with Gasteiger partial charge in [0, 0.05) is 32.2 Å². The number of hydrogen-bond acceptors (Lipinski definition) is 6. The molecule has 27 heavy (non-hydrogen) atoms. The van der Waals surface area contributed by atoms with Gasteiger partial charge in [-0.05, 0) is 30.2 Å². The number of hydrogen-bond donors (Lipinski definition) is 1. The third-order valence-corrected chi connectivity index (χ3v) is 4.15. The number of nitrogens with zero attached hydrogens (tertiary/aromatic N) is 2. The van der Waals surface area contributed by atoms with Crippen molar-refractivity contribution in [3.05, 3.63) is 65.8 Å². The quantitative estimate of drug-likeness (QED) is 0.591. The van der Waals surface area contributed by atoms with E-state index in [2.05, 4.69) is 15.5 Å². The van der Waals surface area contributed by atoms with Crippen LogP contribution in [0.3, 0.4) is 0 Å². The van der Waals surface area contributed by atoms with Gasteiger partial charge in [-0.1, -0.05) is 18.2 Å². The second-order valence-electron chi connectivity index (χ2n) is 6.08. The zero-order valence-corrected chi connectivity index (χ0v) is 15.3. The largest absolute Gasteiger partial charge is 0.496 e. The lowest BCUT2D eigenvalue weighted by Gasteiger charge is -2.06. The second kappa shape index (κ2) is 9.56. The molecule has 0 fully saturated rings. The minimum Gasteiger partial charge on any atom is -0.496 e. The summed E-state index contributed by atoms with van der Waals surface area (Å²) in [6, 6.07) is 11.6. The third-order valence-electron chi connectivity index (χ3n) is 4.15. The van der Waals surface area contributed by atoms with Crippen LogP contribution >= 0.6 is 0 Å². The van der Waals surface area contributed by atoms with Crippen molar-refractivity contribution in [2.24, 2.45) is 0 Å². The summed E-state index contributed by atoms with van der Waals surface area (Å²) in [6.45, 7) is 0.542. The Morgan fingerprint density at radius 3 is 2.63 bits per heavy atom. The van der Waals surface area contributed by atoms with Gasteiger partial charge in [0.2, 0.25) is 17.7 Å². The Bertz CT molecular complexity index is 843. The molecular formula is C20H23N3O4. The number of rotatable bonds is 10. The molecule has 1 amide bonds. The topological polar surface area (TPSA) is 90.4 Å². The molecule has 0 spiro atoms. The van der Waals surface area contributed by atoms with Crippen molar-refractivity contribution in [1.82, 2.24) is 15.5 Å². The molecular weight excluding hydrogens is 346 g/mol. The van der Waals surface area contributed by atoms with Gasteiger partial charge in [-0.2, -0.15) is 0 Å². The number of amides is 1. The van der Waals surface area contributed by atoms with E-state index in [1.54, 1.807) is 13.4 Å². The van der Waals surface area contributed by atoms with Crippen LogP contribution in [0.1, 0.15) is 29.5 Å². The molecule has 3 rings (SSSR count). The number of methoxy groups -OCH3 is 1. The van der Waals surface area contributed by atoms with Crippen molar-refractivity contribution in [2.45, 2.75) is 32.1 Å². The van der Waals surface area contributed by atoms with Crippen LogP contribution in [0.25, 0.3) is 0 Å². The molecule has 2 aromatic heterocycles. The zero-order valence-electron chi connectivity index (χ0n) is 15.3. The molecule has 0 aliphatic rings. The highest BCUT2D eigenvalue weighted by Gasteiger charge is 2.10. The Morgan fingerprint density at radius 2 is 1.85 bits per heavy atom. The number of carbonyl (C=O) groups excluding carboxylic acids is 1. The summed E-state index contributed by atoms with van der Waals surface area (Å²) in [6.07, 6.45) is 4.41. The Balaban J connectivity index is 1.39. The monoisotopic (exact) mass is 369 g/mol. The number of carbonyl (C=O) groups is 1. The van der Waals surface area contributed by atoms with Gasteiger partial charge in [-0.15, -0.1) is 10.2 Å². The van der Waals surface area contributed by atoms with Crippen LogP contribution in [0.2, 0.25) is 0 Å². The van der Waals surface area contributed by atoms with Crippen molar-refractivity contribution in [3.8, 4) is 5.75 Å². The first kappa shape index (κ1) is 18.7. The molecule has 1 N–H and O–H groups in total. The molecule has 0 bridgehead atoms. The Morgan fingerprint density at radius 1 is 1.04 bits per heavy atom. The second-order valence-corrected chi connectivity index (χ2v) is 6.08. The van der Waals surface area contributed by atoms with E-state index >= 15 is 0 Å². The summed E-state index contributed by atoms with van der Waals surface area (Å²) >= 11 is 0. The average molecular weight is 369 g/mol. The predicted molar refractivity (Wildman–Crippen MR) is 98.4 cm³/mol. The summed E-state index contributed by atoms with van der Waals surface area (Å²) in [5, 5.41) is 10.9. The van der Waals surface area contributed by atoms with E-state index in [4.69, 9.17) is 13.6 Å². The molecule has 0 atom stereocenters. The van der Waals surface area contributed by atoms with E-state index in [0.29, 0.717) is 44.0 Å². The summed E-state index contributed by atoms with van der Waals surface area (Å²) in [5.41, 5.74) is 1.09. The Labute approximate surface area is 157 Å². The lowest BCUT2D eigenvalue weighted by Crippen LogP contribution is -2.25. The predicted octanol–water partition coefficient (Wildman–Crippen LogP) is 2.75. The fourth-order valence-electron chi connectivity index (χ4n) is 2.73. The van der Waals surface area contributed by atoms with Crippen LogP contribution in [0.15, 0.2) is 51.5 Å². The summed E-state index contributed by atoms with van der Waals surface area (Å²) in [7, 11) is 1.66. The van der Waals surface area contributed by atoms with E-state index < -0.39 is 0 Å². The molecule has 0 saturated heterocycles. The Hall–Kier alpha value is -3.09. The van der Waals surface area contributed by atoms with Crippen molar-refractivity contribution in [3.63, 3.8) is 0 Å². The van der Waals surface area contributed by atoms with Crippen molar-refractivity contribution in [1.29, 1.82) is 0 Å². The summed E-state index contributed by atoms with van der Waals surface area (Å²) in [5.74, 6) is 2.70. The summed E-state index contributed by atoms with van der Waals surface area (Å²) < 4.78 is 16.2. The number of furan rings is 1. The van der Waals surface area contributed by atoms with Gasteiger partial charge in [0.15, 0.2) is 0 Å². The molecule has 3 aromatic rings. The summed E-state index contributed by atoms with van der Waals surface area (Å²) in [4.78, 5) is 11.9. The zero-order chi connectivity index (χ0) is 18.9. The molecule has 7 heteroatoms. The number of ether oxygens (including phenoxy) is 1. The maximum absolute atomic E-state index is 11.9. The highest BCUT2D eigenvalue weighted by molar-refractivity contribution is 5.75. The highest BCUT2D eigenvalue weighted by Crippen LogP contribution is 2.19. The number of aromatic nitrogens is 2. The SMILES string of the molecule is COc1ccccc1CCc1nnc(CCC(=O)NCCc2ccco2)o1. The molecule has 0 aliphatic heterocycles. The van der Waals surface area contributed by atoms with E-state index in [1.807, 2.05) is 36.4 Å². The van der Waals surface area contributed by atoms with E-state index in [0.717, 1.165) is 23.5 Å². The third kappa shape index (κ3) is 5.70.